The van der Waals surface area contributed by atoms with Crippen molar-refractivity contribution >= 4 is 5.97 Å². The van der Waals surface area contributed by atoms with E-state index in [4.69, 9.17) is 9.84 Å². The van der Waals surface area contributed by atoms with Gasteiger partial charge in [-0.25, -0.2) is 0 Å². The molecule has 0 aromatic carbocycles. The molecule has 0 radical (unpaired) electrons. The Balaban J connectivity index is 2.02. The number of ether oxygens (including phenoxy) is 1. The minimum atomic E-state index is -0.779. The van der Waals surface area contributed by atoms with Crippen LogP contribution in [0.15, 0.2) is 0 Å². The molecule has 1 fully saturated rings. The third kappa shape index (κ3) is 4.62. The van der Waals surface area contributed by atoms with Crippen LogP contribution in [-0.2, 0) is 9.53 Å². The number of carboxylic acid groups (broad SMARTS) is 1. The number of nitrogens with one attached hydrogen (secondary N) is 1. The van der Waals surface area contributed by atoms with E-state index in [1.165, 1.54) is 12.8 Å². The molecule has 2 N–H and O–H groups in total. The van der Waals surface area contributed by atoms with Gasteiger partial charge in [0.2, 0.25) is 0 Å². The van der Waals surface area contributed by atoms with Crippen LogP contribution >= 0.6 is 0 Å². The van der Waals surface area contributed by atoms with Crippen molar-refractivity contribution in [2.24, 2.45) is 0 Å². The molecular weight excluding hydrogens is 194 g/mol. The Morgan fingerprint density at radius 3 is 2.73 bits per heavy atom. The summed E-state index contributed by atoms with van der Waals surface area (Å²) in [6.07, 6.45) is 5.89. The lowest BCUT2D eigenvalue weighted by atomic mass is 10.2. The lowest BCUT2D eigenvalue weighted by Crippen LogP contribution is -2.38. The smallest absolute Gasteiger partial charge is 0.320 e. The van der Waals surface area contributed by atoms with E-state index in [9.17, 15) is 4.79 Å². The molecule has 1 saturated carbocycles. The van der Waals surface area contributed by atoms with Gasteiger partial charge in [0.05, 0.1) is 12.7 Å². The molecule has 15 heavy (non-hydrogen) atoms. The predicted molar refractivity (Wildman–Crippen MR) is 57.9 cm³/mol. The lowest BCUT2D eigenvalue weighted by Gasteiger charge is -2.14. The Kier molecular flexibility index (Phi) is 5.65. The fraction of sp³-hybridized carbons (Fsp3) is 0.909. The van der Waals surface area contributed by atoms with E-state index in [0.29, 0.717) is 25.7 Å². The van der Waals surface area contributed by atoms with Crippen molar-refractivity contribution in [1.29, 1.82) is 0 Å². The zero-order valence-electron chi connectivity index (χ0n) is 9.37. The van der Waals surface area contributed by atoms with Crippen molar-refractivity contribution in [1.82, 2.24) is 5.32 Å². The van der Waals surface area contributed by atoms with E-state index in [1.54, 1.807) is 0 Å². The zero-order valence-corrected chi connectivity index (χ0v) is 9.37. The van der Waals surface area contributed by atoms with Crippen molar-refractivity contribution in [3.8, 4) is 0 Å². The Labute approximate surface area is 91.0 Å². The van der Waals surface area contributed by atoms with Crippen LogP contribution in [0.5, 0.6) is 0 Å². The summed E-state index contributed by atoms with van der Waals surface area (Å²) in [4.78, 5) is 10.7. The molecule has 0 aliphatic heterocycles. The highest BCUT2D eigenvalue weighted by atomic mass is 16.5. The van der Waals surface area contributed by atoms with Gasteiger partial charge in [-0.3, -0.25) is 4.79 Å². The first-order valence-electron chi connectivity index (χ1n) is 5.81. The highest BCUT2D eigenvalue weighted by molar-refractivity contribution is 5.73. The maximum Gasteiger partial charge on any atom is 0.320 e. The van der Waals surface area contributed by atoms with Gasteiger partial charge >= 0.3 is 5.97 Å². The first-order valence-corrected chi connectivity index (χ1v) is 5.81. The van der Waals surface area contributed by atoms with E-state index in [-0.39, 0.29) is 0 Å². The number of carboxylic acids is 1. The average molecular weight is 215 g/mol. The Morgan fingerprint density at radius 2 is 2.20 bits per heavy atom. The van der Waals surface area contributed by atoms with E-state index in [2.05, 4.69) is 5.32 Å². The molecule has 4 nitrogen and oxygen atoms in total. The Bertz CT molecular complexity index is 190. The van der Waals surface area contributed by atoms with Gasteiger partial charge in [-0.15, -0.1) is 0 Å². The summed E-state index contributed by atoms with van der Waals surface area (Å²) >= 11 is 0. The maximum atomic E-state index is 10.7. The molecule has 1 atom stereocenters. The third-order valence-electron chi connectivity index (χ3n) is 2.85. The minimum absolute atomic E-state index is 0.414. The molecule has 0 saturated heterocycles. The van der Waals surface area contributed by atoms with Crippen LogP contribution in [0, 0.1) is 0 Å². The molecule has 1 aliphatic rings. The van der Waals surface area contributed by atoms with Crippen molar-refractivity contribution in [3.05, 3.63) is 0 Å². The molecule has 4 heteroatoms. The summed E-state index contributed by atoms with van der Waals surface area (Å²) in [5, 5.41) is 11.7. The standard InChI is InChI=1S/C11H21NO3/c1-2-10(11(13)14)12-7-8-15-9-5-3-4-6-9/h9-10,12H,2-8H2,1H3,(H,13,14). The second kappa shape index (κ2) is 6.80. The average Bonchev–Trinajstić information content (AvgIpc) is 2.70. The van der Waals surface area contributed by atoms with Gasteiger partial charge in [-0.2, -0.15) is 0 Å². The van der Waals surface area contributed by atoms with Crippen LogP contribution in [0.3, 0.4) is 0 Å². The molecule has 1 aliphatic carbocycles. The van der Waals surface area contributed by atoms with E-state index < -0.39 is 12.0 Å². The summed E-state index contributed by atoms with van der Waals surface area (Å²) in [6, 6.07) is -0.433. The minimum Gasteiger partial charge on any atom is -0.480 e. The van der Waals surface area contributed by atoms with Crippen LogP contribution in [0.25, 0.3) is 0 Å². The topological polar surface area (TPSA) is 58.6 Å². The predicted octanol–water partition coefficient (Wildman–Crippen LogP) is 1.40. The zero-order chi connectivity index (χ0) is 11.1. The quantitative estimate of drug-likeness (QED) is 0.630. The van der Waals surface area contributed by atoms with Crippen molar-refractivity contribution < 1.29 is 14.6 Å². The highest BCUT2D eigenvalue weighted by Crippen LogP contribution is 2.20. The van der Waals surface area contributed by atoms with Gasteiger partial charge < -0.3 is 15.2 Å². The fourth-order valence-corrected chi connectivity index (χ4v) is 1.92. The lowest BCUT2D eigenvalue weighted by molar-refractivity contribution is -0.139. The monoisotopic (exact) mass is 215 g/mol. The molecule has 88 valence electrons. The van der Waals surface area contributed by atoms with E-state index in [0.717, 1.165) is 12.8 Å². The van der Waals surface area contributed by atoms with Crippen molar-refractivity contribution in [2.45, 2.75) is 51.2 Å². The first-order chi connectivity index (χ1) is 7.24. The largest absolute Gasteiger partial charge is 0.480 e. The number of hydrogen-bond acceptors (Lipinski definition) is 3. The van der Waals surface area contributed by atoms with Crippen LogP contribution in [0.4, 0.5) is 0 Å². The number of hydrogen-bond donors (Lipinski definition) is 2. The number of carbonyl (C=O) groups is 1. The van der Waals surface area contributed by atoms with Gasteiger partial charge in [0.25, 0.3) is 0 Å². The molecule has 0 amide bonds. The van der Waals surface area contributed by atoms with Gasteiger partial charge in [-0.1, -0.05) is 19.8 Å². The van der Waals surface area contributed by atoms with Gasteiger partial charge in [-0.05, 0) is 19.3 Å². The van der Waals surface area contributed by atoms with Crippen molar-refractivity contribution in [3.63, 3.8) is 0 Å². The van der Waals surface area contributed by atoms with Crippen LogP contribution in [0.1, 0.15) is 39.0 Å². The highest BCUT2D eigenvalue weighted by Gasteiger charge is 2.16. The Morgan fingerprint density at radius 1 is 1.53 bits per heavy atom. The van der Waals surface area contributed by atoms with Crippen LogP contribution in [-0.4, -0.2) is 36.4 Å². The second-order valence-corrected chi connectivity index (χ2v) is 4.03. The second-order valence-electron chi connectivity index (χ2n) is 4.03. The molecule has 0 aromatic heterocycles. The number of rotatable bonds is 7. The van der Waals surface area contributed by atoms with E-state index in [1.807, 2.05) is 6.92 Å². The van der Waals surface area contributed by atoms with Gasteiger partial charge in [0, 0.05) is 6.54 Å². The summed E-state index contributed by atoms with van der Waals surface area (Å²) in [7, 11) is 0. The molecule has 1 rings (SSSR count). The molecule has 0 spiro atoms. The number of aliphatic carboxylic acids is 1. The summed E-state index contributed by atoms with van der Waals surface area (Å²) in [6.45, 7) is 3.11. The fourth-order valence-electron chi connectivity index (χ4n) is 1.92. The maximum absolute atomic E-state index is 10.7. The van der Waals surface area contributed by atoms with E-state index >= 15 is 0 Å². The molecule has 0 bridgehead atoms. The third-order valence-corrected chi connectivity index (χ3v) is 2.85. The normalized spacial score (nSPS) is 19.3. The van der Waals surface area contributed by atoms with Crippen LogP contribution in [0.2, 0.25) is 0 Å². The van der Waals surface area contributed by atoms with Gasteiger partial charge in [0.1, 0.15) is 6.04 Å². The van der Waals surface area contributed by atoms with Crippen LogP contribution < -0.4 is 5.32 Å². The van der Waals surface area contributed by atoms with Gasteiger partial charge in [0.15, 0.2) is 0 Å². The molecule has 0 heterocycles. The summed E-state index contributed by atoms with van der Waals surface area (Å²) in [5.74, 6) is -0.779. The summed E-state index contributed by atoms with van der Waals surface area (Å²) < 4.78 is 5.62. The molecule has 1 unspecified atom stereocenters. The molecule has 0 aromatic rings. The molecular formula is C11H21NO3. The Hall–Kier alpha value is -0.610. The summed E-state index contributed by atoms with van der Waals surface area (Å²) in [5.41, 5.74) is 0. The SMILES string of the molecule is CCC(NCCOC1CCCC1)C(=O)O. The van der Waals surface area contributed by atoms with Crippen molar-refractivity contribution in [2.75, 3.05) is 13.2 Å². The first kappa shape index (κ1) is 12.5.